The van der Waals surface area contributed by atoms with Crippen molar-refractivity contribution in [3.8, 4) is 39.5 Å². The summed E-state index contributed by atoms with van der Waals surface area (Å²) in [6, 6.07) is 22.7. The van der Waals surface area contributed by atoms with Gasteiger partial charge in [0.25, 0.3) is 0 Å². The average molecular weight is 480 g/mol. The van der Waals surface area contributed by atoms with Gasteiger partial charge in [-0.25, -0.2) is 18.9 Å². The second-order valence-corrected chi connectivity index (χ2v) is 9.06. The summed E-state index contributed by atoms with van der Waals surface area (Å²) in [6.07, 6.45) is 6.51. The number of halogens is 1. The zero-order valence-corrected chi connectivity index (χ0v) is 20.0. The lowest BCUT2D eigenvalue weighted by molar-refractivity contribution is 0.415. The van der Waals surface area contributed by atoms with Crippen molar-refractivity contribution in [2.24, 2.45) is 0 Å². The van der Waals surface area contributed by atoms with Gasteiger partial charge in [0.05, 0.1) is 29.6 Å². The molecule has 2 aromatic carbocycles. The molecule has 0 amide bonds. The Kier molecular flexibility index (Phi) is 5.81. The molecular weight excluding hydrogens is 453 g/mol. The molecule has 0 aliphatic heterocycles. The van der Waals surface area contributed by atoms with Crippen molar-refractivity contribution in [1.82, 2.24) is 19.6 Å². The minimum atomic E-state index is -0.286. The van der Waals surface area contributed by atoms with Crippen LogP contribution in [-0.4, -0.2) is 32.7 Å². The summed E-state index contributed by atoms with van der Waals surface area (Å²) in [5.74, 6) is 1.10. The molecule has 1 aliphatic carbocycles. The molecule has 0 atom stereocenters. The lowest BCUT2D eigenvalue weighted by atomic mass is 10.0. The summed E-state index contributed by atoms with van der Waals surface area (Å²) in [5.41, 5.74) is 5.99. The van der Waals surface area contributed by atoms with E-state index >= 15 is 0 Å². The topological polar surface area (TPSA) is 64.3 Å². The molecule has 180 valence electrons. The first kappa shape index (κ1) is 22.2. The minimum absolute atomic E-state index is 0.286. The molecule has 1 N–H and O–H groups in total. The number of fused-ring (bicyclic) bond motifs is 1. The molecule has 0 radical (unpaired) electrons. The van der Waals surface area contributed by atoms with Gasteiger partial charge in [0.1, 0.15) is 17.3 Å². The van der Waals surface area contributed by atoms with Crippen LogP contribution in [0.25, 0.3) is 39.3 Å². The van der Waals surface area contributed by atoms with Crippen LogP contribution in [0.3, 0.4) is 0 Å². The number of nitrogens with one attached hydrogen (secondary N) is 1. The number of hydrogen-bond donors (Lipinski definition) is 1. The highest BCUT2D eigenvalue weighted by molar-refractivity contribution is 5.92. The molecular formula is C29H26FN5O. The molecule has 7 heteroatoms. The second-order valence-electron chi connectivity index (χ2n) is 9.06. The summed E-state index contributed by atoms with van der Waals surface area (Å²) in [7, 11) is 1.66. The number of rotatable bonds is 6. The normalized spacial score (nSPS) is 13.8. The number of ether oxygens (including phenoxy) is 1. The first-order valence-corrected chi connectivity index (χ1v) is 12.2. The van der Waals surface area contributed by atoms with Gasteiger partial charge in [0.2, 0.25) is 5.95 Å². The maximum absolute atomic E-state index is 13.8. The van der Waals surface area contributed by atoms with Gasteiger partial charge in [-0.15, -0.1) is 0 Å². The molecule has 1 saturated carbocycles. The van der Waals surface area contributed by atoms with E-state index in [1.807, 2.05) is 53.0 Å². The molecule has 0 spiro atoms. The number of anilines is 1. The lowest BCUT2D eigenvalue weighted by Crippen LogP contribution is -2.16. The molecule has 1 aliphatic rings. The molecule has 36 heavy (non-hydrogen) atoms. The summed E-state index contributed by atoms with van der Waals surface area (Å²) >= 11 is 0. The highest BCUT2D eigenvalue weighted by Crippen LogP contribution is 2.37. The van der Waals surface area contributed by atoms with Crippen molar-refractivity contribution in [3.63, 3.8) is 0 Å². The predicted octanol–water partition coefficient (Wildman–Crippen LogP) is 6.63. The summed E-state index contributed by atoms with van der Waals surface area (Å²) < 4.78 is 21.1. The van der Waals surface area contributed by atoms with Crippen molar-refractivity contribution in [2.45, 2.75) is 31.7 Å². The molecule has 6 nitrogen and oxygen atoms in total. The van der Waals surface area contributed by atoms with Crippen LogP contribution in [0.5, 0.6) is 5.75 Å². The molecule has 0 saturated heterocycles. The fourth-order valence-corrected chi connectivity index (χ4v) is 4.95. The Labute approximate surface area is 208 Å². The number of hydrogen-bond acceptors (Lipinski definition) is 5. The van der Waals surface area contributed by atoms with Crippen molar-refractivity contribution in [3.05, 3.63) is 84.8 Å². The highest BCUT2D eigenvalue weighted by atomic mass is 19.1. The summed E-state index contributed by atoms with van der Waals surface area (Å²) in [5, 5.41) is 8.52. The quantitative estimate of drug-likeness (QED) is 0.296. The first-order valence-electron chi connectivity index (χ1n) is 12.2. The third-order valence-corrected chi connectivity index (χ3v) is 6.74. The zero-order valence-electron chi connectivity index (χ0n) is 20.0. The van der Waals surface area contributed by atoms with Gasteiger partial charge in [0.15, 0.2) is 0 Å². The molecule has 3 heterocycles. The molecule has 3 aromatic heterocycles. The fraction of sp³-hybridized carbons (Fsp3) is 0.207. The van der Waals surface area contributed by atoms with Gasteiger partial charge in [-0.05, 0) is 67.4 Å². The lowest BCUT2D eigenvalue weighted by Gasteiger charge is -2.12. The molecule has 5 aromatic rings. The molecule has 6 rings (SSSR count). The molecule has 1 fully saturated rings. The third-order valence-electron chi connectivity index (χ3n) is 6.74. The van der Waals surface area contributed by atoms with Gasteiger partial charge in [0, 0.05) is 23.4 Å². The number of nitrogens with zero attached hydrogens (tertiary/aromatic N) is 4. The van der Waals surface area contributed by atoms with Crippen LogP contribution in [0.2, 0.25) is 0 Å². The van der Waals surface area contributed by atoms with E-state index in [-0.39, 0.29) is 5.82 Å². The smallest absolute Gasteiger partial charge is 0.223 e. The van der Waals surface area contributed by atoms with Crippen LogP contribution in [-0.2, 0) is 0 Å². The maximum Gasteiger partial charge on any atom is 0.223 e. The van der Waals surface area contributed by atoms with Crippen molar-refractivity contribution >= 4 is 11.5 Å². The van der Waals surface area contributed by atoms with Crippen LogP contribution in [0.4, 0.5) is 10.3 Å². The van der Waals surface area contributed by atoms with Gasteiger partial charge in [-0.2, -0.15) is 5.10 Å². The van der Waals surface area contributed by atoms with Gasteiger partial charge >= 0.3 is 0 Å². The maximum atomic E-state index is 13.8. The summed E-state index contributed by atoms with van der Waals surface area (Å²) in [6.45, 7) is 0. The standard InChI is InChI=1S/C29H26FN5O/c1-36-23-9-4-6-20(18-23)25-10-5-11-26-27(28(34-35(25)26)19-12-14-21(30)15-13-19)24-16-17-31-29(33-24)32-22-7-2-3-8-22/h4-6,9-18,22H,2-3,7-8H2,1H3,(H,31,32,33). The Bertz CT molecular complexity index is 1520. The Hall–Kier alpha value is -4.26. The van der Waals surface area contributed by atoms with E-state index in [0.717, 1.165) is 57.9 Å². The Balaban J connectivity index is 1.55. The third kappa shape index (κ3) is 4.17. The highest BCUT2D eigenvalue weighted by Gasteiger charge is 2.21. The Morgan fingerprint density at radius 3 is 2.56 bits per heavy atom. The van der Waals surface area contributed by atoms with Gasteiger partial charge in [-0.3, -0.25) is 0 Å². The van der Waals surface area contributed by atoms with E-state index in [4.69, 9.17) is 14.8 Å². The largest absolute Gasteiger partial charge is 0.497 e. The van der Waals surface area contributed by atoms with E-state index in [1.54, 1.807) is 25.4 Å². The summed E-state index contributed by atoms with van der Waals surface area (Å²) in [4.78, 5) is 9.37. The van der Waals surface area contributed by atoms with Crippen LogP contribution < -0.4 is 10.1 Å². The van der Waals surface area contributed by atoms with Crippen LogP contribution in [0.15, 0.2) is 79.0 Å². The molecule has 0 bridgehead atoms. The van der Waals surface area contributed by atoms with Crippen LogP contribution in [0.1, 0.15) is 25.7 Å². The van der Waals surface area contributed by atoms with E-state index in [1.165, 1.54) is 25.0 Å². The van der Waals surface area contributed by atoms with Crippen molar-refractivity contribution < 1.29 is 9.13 Å². The first-order chi connectivity index (χ1) is 17.7. The van der Waals surface area contributed by atoms with Crippen molar-refractivity contribution in [2.75, 3.05) is 12.4 Å². The van der Waals surface area contributed by atoms with Crippen LogP contribution in [0, 0.1) is 5.82 Å². The van der Waals surface area contributed by atoms with Crippen LogP contribution >= 0.6 is 0 Å². The minimum Gasteiger partial charge on any atom is -0.497 e. The van der Waals surface area contributed by atoms with Gasteiger partial charge < -0.3 is 10.1 Å². The Morgan fingerprint density at radius 1 is 0.944 bits per heavy atom. The number of pyridine rings is 1. The monoisotopic (exact) mass is 479 g/mol. The SMILES string of the molecule is COc1cccc(-c2cccc3c(-c4ccnc(NC5CCCC5)n4)c(-c4ccc(F)cc4)nn23)c1. The fourth-order valence-electron chi connectivity index (χ4n) is 4.95. The predicted molar refractivity (Wildman–Crippen MR) is 139 cm³/mol. The number of aromatic nitrogens is 4. The van der Waals surface area contributed by atoms with E-state index < -0.39 is 0 Å². The number of methoxy groups -OCH3 is 1. The van der Waals surface area contributed by atoms with Gasteiger partial charge in [-0.1, -0.05) is 31.0 Å². The molecule has 0 unspecified atom stereocenters. The Morgan fingerprint density at radius 2 is 1.75 bits per heavy atom. The van der Waals surface area contributed by atoms with E-state index in [0.29, 0.717) is 12.0 Å². The average Bonchev–Trinajstić information content (AvgIpc) is 3.57. The van der Waals surface area contributed by atoms with E-state index in [9.17, 15) is 4.39 Å². The van der Waals surface area contributed by atoms with Crippen molar-refractivity contribution in [1.29, 1.82) is 0 Å². The second kappa shape index (κ2) is 9.41. The zero-order chi connectivity index (χ0) is 24.5. The van der Waals surface area contributed by atoms with E-state index in [2.05, 4.69) is 10.3 Å². The number of benzene rings is 2.